The molecule has 0 amide bonds. The van der Waals surface area contributed by atoms with E-state index in [1.807, 2.05) is 6.92 Å². The van der Waals surface area contributed by atoms with E-state index in [1.54, 1.807) is 30.3 Å². The van der Waals surface area contributed by atoms with Crippen molar-refractivity contribution in [3.63, 3.8) is 0 Å². The Morgan fingerprint density at radius 2 is 1.91 bits per heavy atom. The maximum atomic E-state index is 12.8. The number of rotatable bonds is 3. The summed E-state index contributed by atoms with van der Waals surface area (Å²) >= 11 is 3.38. The molecule has 22 heavy (non-hydrogen) atoms. The molecule has 1 aromatic carbocycles. The Balaban J connectivity index is 2.23. The van der Waals surface area contributed by atoms with Gasteiger partial charge in [-0.3, -0.25) is 0 Å². The van der Waals surface area contributed by atoms with Crippen LogP contribution in [-0.2, 0) is 10.0 Å². The molecular weight excluding hydrogens is 368 g/mol. The van der Waals surface area contributed by atoms with Gasteiger partial charge in [0, 0.05) is 16.1 Å². The van der Waals surface area contributed by atoms with Crippen LogP contribution in [0.3, 0.4) is 0 Å². The first-order chi connectivity index (χ1) is 10.4. The highest BCUT2D eigenvalue weighted by atomic mass is 79.9. The van der Waals surface area contributed by atoms with Gasteiger partial charge < -0.3 is 4.74 Å². The van der Waals surface area contributed by atoms with Gasteiger partial charge in [-0.15, -0.1) is 0 Å². The second kappa shape index (κ2) is 5.40. The minimum Gasteiger partial charge on any atom is -0.495 e. The fraction of sp³-hybridized carbons (Fsp3) is 0.133. The van der Waals surface area contributed by atoms with Gasteiger partial charge >= 0.3 is 0 Å². The smallest absolute Gasteiger partial charge is 0.269 e. The maximum Gasteiger partial charge on any atom is 0.269 e. The fourth-order valence-corrected chi connectivity index (χ4v) is 4.10. The highest BCUT2D eigenvalue weighted by molar-refractivity contribution is 9.10. The minimum atomic E-state index is -3.70. The summed E-state index contributed by atoms with van der Waals surface area (Å²) in [5.41, 5.74) is 1.36. The minimum absolute atomic E-state index is 0.222. The lowest BCUT2D eigenvalue weighted by molar-refractivity contribution is 0.413. The molecule has 0 aliphatic carbocycles. The van der Waals surface area contributed by atoms with E-state index in [9.17, 15) is 8.42 Å². The highest BCUT2D eigenvalue weighted by Crippen LogP contribution is 2.30. The van der Waals surface area contributed by atoms with Gasteiger partial charge in [0.2, 0.25) is 0 Å². The molecule has 0 N–H and O–H groups in total. The Labute approximate surface area is 136 Å². The average Bonchev–Trinajstić information content (AvgIpc) is 2.85. The van der Waals surface area contributed by atoms with Crippen molar-refractivity contribution in [2.24, 2.45) is 0 Å². The molecule has 0 aliphatic heterocycles. The van der Waals surface area contributed by atoms with Gasteiger partial charge in [0.05, 0.1) is 18.2 Å². The number of pyridine rings is 1. The van der Waals surface area contributed by atoms with Crippen molar-refractivity contribution in [2.45, 2.75) is 11.8 Å². The van der Waals surface area contributed by atoms with E-state index < -0.39 is 10.0 Å². The Bertz CT molecular complexity index is 947. The summed E-state index contributed by atoms with van der Waals surface area (Å²) in [6.07, 6.45) is 3.00. The van der Waals surface area contributed by atoms with Crippen LogP contribution in [-0.4, -0.2) is 24.5 Å². The van der Waals surface area contributed by atoms with Crippen molar-refractivity contribution in [1.82, 2.24) is 8.96 Å². The number of aryl methyl sites for hydroxylation is 1. The molecule has 0 spiro atoms. The molecule has 5 nitrogen and oxygen atoms in total. The largest absolute Gasteiger partial charge is 0.495 e. The number of benzene rings is 1. The molecular formula is C15H13BrN2O3S. The van der Waals surface area contributed by atoms with Crippen molar-refractivity contribution in [3.05, 3.63) is 52.8 Å². The predicted octanol–water partition coefficient (Wildman–Crippen LogP) is 3.35. The zero-order valence-corrected chi connectivity index (χ0v) is 14.3. The van der Waals surface area contributed by atoms with Crippen LogP contribution >= 0.6 is 15.9 Å². The molecule has 0 saturated heterocycles. The monoisotopic (exact) mass is 380 g/mol. The number of halogens is 1. The lowest BCUT2D eigenvalue weighted by Gasteiger charge is -2.07. The third-order valence-corrected chi connectivity index (χ3v) is 5.65. The summed E-state index contributed by atoms with van der Waals surface area (Å²) in [7, 11) is -2.16. The molecule has 114 valence electrons. The van der Waals surface area contributed by atoms with Gasteiger partial charge in [-0.25, -0.2) is 17.4 Å². The Kier molecular flexibility index (Phi) is 3.70. The molecule has 0 aliphatic rings. The van der Waals surface area contributed by atoms with E-state index >= 15 is 0 Å². The van der Waals surface area contributed by atoms with E-state index in [2.05, 4.69) is 20.9 Å². The normalized spacial score (nSPS) is 11.8. The van der Waals surface area contributed by atoms with E-state index in [0.717, 1.165) is 5.56 Å². The standard InChI is InChI=1S/C15H13BrN2O3S/c1-10-3-5-12(6-4-10)22(19,20)18-9-14(16)13-7-11(21-2)8-17-15(13)18/h3-9H,1-2H3. The van der Waals surface area contributed by atoms with Gasteiger partial charge in [0.1, 0.15) is 5.75 Å². The summed E-state index contributed by atoms with van der Waals surface area (Å²) in [6.45, 7) is 1.91. The molecule has 0 unspecified atom stereocenters. The van der Waals surface area contributed by atoms with Gasteiger partial charge in [-0.05, 0) is 41.1 Å². The summed E-state index contributed by atoms with van der Waals surface area (Å²) in [5.74, 6) is 0.568. The van der Waals surface area contributed by atoms with Gasteiger partial charge in [0.25, 0.3) is 10.0 Å². The van der Waals surface area contributed by atoms with Crippen molar-refractivity contribution in [1.29, 1.82) is 0 Å². The molecule has 2 aromatic heterocycles. The molecule has 3 rings (SSSR count). The molecule has 0 saturated carbocycles. The van der Waals surface area contributed by atoms with Crippen LogP contribution in [0.4, 0.5) is 0 Å². The van der Waals surface area contributed by atoms with Crippen molar-refractivity contribution in [3.8, 4) is 5.75 Å². The molecule has 7 heteroatoms. The van der Waals surface area contributed by atoms with Gasteiger partial charge in [-0.2, -0.15) is 0 Å². The molecule has 3 aromatic rings. The number of hydrogen-bond acceptors (Lipinski definition) is 4. The zero-order chi connectivity index (χ0) is 15.9. The number of aromatic nitrogens is 2. The fourth-order valence-electron chi connectivity index (χ4n) is 2.14. The average molecular weight is 381 g/mol. The Morgan fingerprint density at radius 3 is 2.55 bits per heavy atom. The van der Waals surface area contributed by atoms with E-state index in [-0.39, 0.29) is 4.90 Å². The van der Waals surface area contributed by atoms with Gasteiger partial charge in [0.15, 0.2) is 5.65 Å². The summed E-state index contributed by atoms with van der Waals surface area (Å²) in [4.78, 5) is 4.43. The predicted molar refractivity (Wildman–Crippen MR) is 87.7 cm³/mol. The second-order valence-corrected chi connectivity index (χ2v) is 7.51. The van der Waals surface area contributed by atoms with Crippen molar-refractivity contribution in [2.75, 3.05) is 7.11 Å². The molecule has 0 bridgehead atoms. The molecule has 2 heterocycles. The first-order valence-corrected chi connectivity index (χ1v) is 8.69. The lowest BCUT2D eigenvalue weighted by atomic mass is 10.2. The third-order valence-electron chi connectivity index (χ3n) is 3.35. The van der Waals surface area contributed by atoms with Crippen LogP contribution in [0.15, 0.2) is 52.1 Å². The van der Waals surface area contributed by atoms with E-state index in [1.165, 1.54) is 23.5 Å². The summed E-state index contributed by atoms with van der Waals surface area (Å²) in [5, 5.41) is 0.676. The van der Waals surface area contributed by atoms with Crippen LogP contribution < -0.4 is 4.74 Å². The Hall–Kier alpha value is -1.86. The van der Waals surface area contributed by atoms with Crippen LogP contribution in [0.1, 0.15) is 5.56 Å². The quantitative estimate of drug-likeness (QED) is 0.698. The number of fused-ring (bicyclic) bond motifs is 1. The highest BCUT2D eigenvalue weighted by Gasteiger charge is 2.21. The topological polar surface area (TPSA) is 61.2 Å². The summed E-state index contributed by atoms with van der Waals surface area (Å²) < 4.78 is 32.5. The maximum absolute atomic E-state index is 12.8. The first kappa shape index (κ1) is 15.1. The van der Waals surface area contributed by atoms with E-state index in [0.29, 0.717) is 21.3 Å². The van der Waals surface area contributed by atoms with Gasteiger partial charge in [-0.1, -0.05) is 17.7 Å². The first-order valence-electron chi connectivity index (χ1n) is 6.46. The molecule has 0 radical (unpaired) electrons. The number of nitrogens with zero attached hydrogens (tertiary/aromatic N) is 2. The number of ether oxygens (including phenoxy) is 1. The Morgan fingerprint density at radius 1 is 1.23 bits per heavy atom. The van der Waals surface area contributed by atoms with Crippen LogP contribution in [0.5, 0.6) is 5.75 Å². The second-order valence-electron chi connectivity index (χ2n) is 4.84. The number of methoxy groups -OCH3 is 1. The van der Waals surface area contributed by atoms with Crippen LogP contribution in [0.25, 0.3) is 11.0 Å². The lowest BCUT2D eigenvalue weighted by Crippen LogP contribution is -2.12. The van der Waals surface area contributed by atoms with E-state index in [4.69, 9.17) is 4.74 Å². The van der Waals surface area contributed by atoms with Crippen LogP contribution in [0.2, 0.25) is 0 Å². The molecule has 0 atom stereocenters. The SMILES string of the molecule is COc1cnc2c(c1)c(Br)cn2S(=O)(=O)c1ccc(C)cc1. The third kappa shape index (κ3) is 2.40. The van der Waals surface area contributed by atoms with Crippen LogP contribution in [0, 0.1) is 6.92 Å². The summed E-state index contributed by atoms with van der Waals surface area (Å²) in [6, 6.07) is 8.46. The number of hydrogen-bond donors (Lipinski definition) is 0. The zero-order valence-electron chi connectivity index (χ0n) is 11.9. The molecule has 0 fully saturated rings. The van der Waals surface area contributed by atoms with Crippen molar-refractivity contribution < 1.29 is 13.2 Å². The van der Waals surface area contributed by atoms with Crippen molar-refractivity contribution >= 4 is 37.0 Å².